The fraction of sp³-hybridized carbons (Fsp3) is 0. The quantitative estimate of drug-likeness (QED) is 0.664. The van der Waals surface area contributed by atoms with E-state index in [0.717, 1.165) is 0 Å². The zero-order chi connectivity index (χ0) is 9.26. The molecule has 2 rings (SSSR count). The number of rotatable bonds is 2. The van der Waals surface area contributed by atoms with E-state index in [-0.39, 0.29) is 0 Å². The number of oxazole rings is 1. The molecule has 66 valence electrons. The number of benzene rings is 1. The number of hydrogen-bond donors (Lipinski definition) is 2. The number of aromatic amines is 1. The fourth-order valence-electron chi connectivity index (χ4n) is 1.11. The minimum absolute atomic E-state index is 0.474. The first kappa shape index (κ1) is 7.60. The van der Waals surface area contributed by atoms with Crippen molar-refractivity contribution in [2.75, 3.05) is 5.32 Å². The topological polar surface area (TPSA) is 75.1 Å². The van der Waals surface area contributed by atoms with Crippen molar-refractivity contribution in [3.05, 3.63) is 28.7 Å². The minimum Gasteiger partial charge on any atom is -0.408 e. The van der Waals surface area contributed by atoms with Gasteiger partial charge in [-0.3, -0.25) is 9.78 Å². The van der Waals surface area contributed by atoms with Crippen LogP contribution in [0, 0.1) is 0 Å². The number of H-pyrrole nitrogens is 1. The predicted octanol–water partition coefficient (Wildman–Crippen LogP) is 0.689. The molecule has 0 fully saturated rings. The Hall–Kier alpha value is -2.04. The molecule has 1 amide bonds. The molecule has 1 aromatic heterocycles. The molecule has 1 aromatic carbocycles. The van der Waals surface area contributed by atoms with Gasteiger partial charge in [-0.15, -0.1) is 0 Å². The molecular formula is C8H6N2O3. The van der Waals surface area contributed by atoms with Crippen LogP contribution < -0.4 is 11.1 Å². The molecular weight excluding hydrogens is 172 g/mol. The zero-order valence-electron chi connectivity index (χ0n) is 6.53. The van der Waals surface area contributed by atoms with Crippen LogP contribution in [0.1, 0.15) is 0 Å². The molecule has 0 spiro atoms. The molecule has 2 N–H and O–H groups in total. The van der Waals surface area contributed by atoms with Gasteiger partial charge in [-0.1, -0.05) is 0 Å². The maximum absolute atomic E-state index is 10.7. The van der Waals surface area contributed by atoms with Crippen LogP contribution in [-0.4, -0.2) is 11.4 Å². The summed E-state index contributed by atoms with van der Waals surface area (Å²) in [6, 6.07) is 4.88. The van der Waals surface area contributed by atoms with Gasteiger partial charge in [0.15, 0.2) is 5.58 Å². The number of fused-ring (bicyclic) bond motifs is 1. The Labute approximate surface area is 72.4 Å². The molecule has 0 atom stereocenters. The summed E-state index contributed by atoms with van der Waals surface area (Å²) < 4.78 is 4.77. The van der Waals surface area contributed by atoms with Crippen molar-refractivity contribution in [2.24, 2.45) is 0 Å². The maximum Gasteiger partial charge on any atom is 0.417 e. The molecule has 0 aliphatic heterocycles. The minimum atomic E-state index is -0.502. The highest BCUT2D eigenvalue weighted by Gasteiger charge is 2.00. The highest BCUT2D eigenvalue weighted by Crippen LogP contribution is 2.15. The van der Waals surface area contributed by atoms with Crippen molar-refractivity contribution in [1.29, 1.82) is 0 Å². The third kappa shape index (κ3) is 1.31. The lowest BCUT2D eigenvalue weighted by molar-refractivity contribution is -0.105. The van der Waals surface area contributed by atoms with Crippen LogP contribution in [0.25, 0.3) is 11.1 Å². The molecule has 5 heteroatoms. The molecule has 0 aliphatic carbocycles. The van der Waals surface area contributed by atoms with E-state index < -0.39 is 5.76 Å². The Morgan fingerprint density at radius 2 is 2.31 bits per heavy atom. The first-order valence-electron chi connectivity index (χ1n) is 3.62. The largest absolute Gasteiger partial charge is 0.417 e. The molecule has 1 heterocycles. The number of amides is 1. The third-order valence-electron chi connectivity index (χ3n) is 1.64. The Morgan fingerprint density at radius 3 is 3.08 bits per heavy atom. The predicted molar refractivity (Wildman–Crippen MR) is 46.5 cm³/mol. The van der Waals surface area contributed by atoms with Crippen LogP contribution in [0.2, 0.25) is 0 Å². The second-order valence-corrected chi connectivity index (χ2v) is 2.49. The molecule has 0 radical (unpaired) electrons. The molecule has 13 heavy (non-hydrogen) atoms. The van der Waals surface area contributed by atoms with E-state index in [1.165, 1.54) is 0 Å². The SMILES string of the molecule is O=CNc1ccc2oc(=O)[nH]c2c1. The summed E-state index contributed by atoms with van der Waals surface area (Å²) in [5.41, 5.74) is 1.65. The lowest BCUT2D eigenvalue weighted by atomic mass is 10.3. The molecule has 0 aliphatic rings. The van der Waals surface area contributed by atoms with Crippen LogP contribution >= 0.6 is 0 Å². The smallest absolute Gasteiger partial charge is 0.408 e. The summed E-state index contributed by atoms with van der Waals surface area (Å²) in [6.45, 7) is 0. The second kappa shape index (κ2) is 2.78. The number of aromatic nitrogens is 1. The number of nitrogens with one attached hydrogen (secondary N) is 2. The lowest BCUT2D eigenvalue weighted by Gasteiger charge is -1.95. The second-order valence-electron chi connectivity index (χ2n) is 2.49. The van der Waals surface area contributed by atoms with Crippen LogP contribution in [0.15, 0.2) is 27.4 Å². The average molecular weight is 178 g/mol. The monoisotopic (exact) mass is 178 g/mol. The fourth-order valence-corrected chi connectivity index (χ4v) is 1.11. The van der Waals surface area contributed by atoms with Gasteiger partial charge >= 0.3 is 5.76 Å². The highest BCUT2D eigenvalue weighted by atomic mass is 16.4. The van der Waals surface area contributed by atoms with E-state index >= 15 is 0 Å². The van der Waals surface area contributed by atoms with E-state index in [2.05, 4.69) is 10.3 Å². The number of carbonyl (C=O) groups excluding carboxylic acids is 1. The van der Waals surface area contributed by atoms with Gasteiger partial charge in [-0.2, -0.15) is 0 Å². The Kier molecular flexibility index (Phi) is 1.63. The van der Waals surface area contributed by atoms with Gasteiger partial charge in [0, 0.05) is 5.69 Å². The summed E-state index contributed by atoms with van der Waals surface area (Å²) in [5, 5.41) is 2.46. The van der Waals surface area contributed by atoms with Crippen molar-refractivity contribution in [3.8, 4) is 0 Å². The molecule has 5 nitrogen and oxygen atoms in total. The standard InChI is InChI=1S/C8H6N2O3/c11-4-9-5-1-2-7-6(3-5)10-8(12)13-7/h1-4H,(H,9,11)(H,10,12). The number of hydrogen-bond acceptors (Lipinski definition) is 3. The van der Waals surface area contributed by atoms with Crippen molar-refractivity contribution in [3.63, 3.8) is 0 Å². The van der Waals surface area contributed by atoms with E-state index in [0.29, 0.717) is 23.2 Å². The summed E-state index contributed by atoms with van der Waals surface area (Å²) >= 11 is 0. The van der Waals surface area contributed by atoms with E-state index in [1.807, 2.05) is 0 Å². The van der Waals surface area contributed by atoms with Crippen LogP contribution in [0.4, 0.5) is 5.69 Å². The van der Waals surface area contributed by atoms with Gasteiger partial charge in [-0.05, 0) is 18.2 Å². The van der Waals surface area contributed by atoms with Crippen molar-refractivity contribution in [1.82, 2.24) is 4.98 Å². The third-order valence-corrected chi connectivity index (χ3v) is 1.64. The van der Waals surface area contributed by atoms with Gasteiger partial charge in [-0.25, -0.2) is 4.79 Å². The van der Waals surface area contributed by atoms with E-state index in [9.17, 15) is 9.59 Å². The van der Waals surface area contributed by atoms with Crippen molar-refractivity contribution >= 4 is 23.2 Å². The van der Waals surface area contributed by atoms with Crippen LogP contribution in [-0.2, 0) is 4.79 Å². The Balaban J connectivity index is 2.60. The van der Waals surface area contributed by atoms with Crippen molar-refractivity contribution in [2.45, 2.75) is 0 Å². The van der Waals surface area contributed by atoms with Gasteiger partial charge in [0.05, 0.1) is 5.52 Å². The van der Waals surface area contributed by atoms with Gasteiger partial charge in [0.2, 0.25) is 6.41 Å². The van der Waals surface area contributed by atoms with Gasteiger partial charge < -0.3 is 9.73 Å². The van der Waals surface area contributed by atoms with Gasteiger partial charge in [0.25, 0.3) is 0 Å². The zero-order valence-corrected chi connectivity index (χ0v) is 6.53. The highest BCUT2D eigenvalue weighted by molar-refractivity contribution is 5.81. The normalized spacial score (nSPS) is 10.2. The molecule has 0 saturated carbocycles. The first-order valence-corrected chi connectivity index (χ1v) is 3.62. The van der Waals surface area contributed by atoms with Crippen LogP contribution in [0.3, 0.4) is 0 Å². The van der Waals surface area contributed by atoms with E-state index in [1.54, 1.807) is 18.2 Å². The molecule has 0 saturated heterocycles. The molecule has 0 unspecified atom stereocenters. The van der Waals surface area contributed by atoms with E-state index in [4.69, 9.17) is 4.42 Å². The summed E-state index contributed by atoms with van der Waals surface area (Å²) in [5.74, 6) is -0.502. The molecule has 2 aromatic rings. The Morgan fingerprint density at radius 1 is 1.46 bits per heavy atom. The summed E-state index contributed by atoms with van der Waals surface area (Å²) in [4.78, 5) is 23.3. The first-order chi connectivity index (χ1) is 6.29. The molecule has 0 bridgehead atoms. The van der Waals surface area contributed by atoms with Crippen LogP contribution in [0.5, 0.6) is 0 Å². The maximum atomic E-state index is 10.7. The van der Waals surface area contributed by atoms with Crippen molar-refractivity contribution < 1.29 is 9.21 Å². The number of anilines is 1. The average Bonchev–Trinajstić information content (AvgIpc) is 2.44. The lowest BCUT2D eigenvalue weighted by Crippen LogP contribution is -1.94. The number of carbonyl (C=O) groups is 1. The van der Waals surface area contributed by atoms with Gasteiger partial charge in [0.1, 0.15) is 0 Å². The Bertz CT molecular complexity index is 497. The summed E-state index contributed by atoms with van der Waals surface area (Å²) in [7, 11) is 0. The summed E-state index contributed by atoms with van der Waals surface area (Å²) in [6.07, 6.45) is 0.569.